The molecule has 2 rings (SSSR count). The molecule has 20 heavy (non-hydrogen) atoms. The van der Waals surface area contributed by atoms with E-state index in [0.717, 1.165) is 62.1 Å². The Morgan fingerprint density at radius 2 is 2.35 bits per heavy atom. The first-order valence-electron chi connectivity index (χ1n) is 7.45. The molecule has 1 N–H and O–H groups in total. The Morgan fingerprint density at radius 1 is 1.50 bits per heavy atom. The molecule has 1 aliphatic rings. The predicted molar refractivity (Wildman–Crippen MR) is 83.5 cm³/mol. The van der Waals surface area contributed by atoms with Crippen LogP contribution in [0.25, 0.3) is 0 Å². The average Bonchev–Trinajstić information content (AvgIpc) is 2.49. The van der Waals surface area contributed by atoms with E-state index in [1.807, 2.05) is 0 Å². The summed E-state index contributed by atoms with van der Waals surface area (Å²) < 4.78 is 5.55. The lowest BCUT2D eigenvalue weighted by Crippen LogP contribution is -2.45. The number of nitrogens with zero attached hydrogens (tertiary/aromatic N) is 2. The predicted octanol–water partition coefficient (Wildman–Crippen LogP) is 2.85. The Labute approximate surface area is 126 Å². The molecule has 0 aromatic carbocycles. The van der Waals surface area contributed by atoms with E-state index in [2.05, 4.69) is 35.1 Å². The van der Waals surface area contributed by atoms with Gasteiger partial charge in [-0.3, -0.25) is 0 Å². The van der Waals surface area contributed by atoms with Gasteiger partial charge in [-0.2, -0.15) is 0 Å². The van der Waals surface area contributed by atoms with E-state index < -0.39 is 0 Å². The van der Waals surface area contributed by atoms with Gasteiger partial charge in [0.1, 0.15) is 5.82 Å². The fourth-order valence-corrected chi connectivity index (χ4v) is 2.62. The van der Waals surface area contributed by atoms with E-state index in [4.69, 9.17) is 16.3 Å². The van der Waals surface area contributed by atoms with Gasteiger partial charge in [-0.15, -0.1) is 0 Å². The second-order valence-corrected chi connectivity index (χ2v) is 5.55. The van der Waals surface area contributed by atoms with Gasteiger partial charge in [0.2, 0.25) is 0 Å². The maximum Gasteiger partial charge on any atom is 0.129 e. The molecule has 4 nitrogen and oxygen atoms in total. The number of ether oxygens (including phenoxy) is 1. The van der Waals surface area contributed by atoms with Crippen molar-refractivity contribution in [2.75, 3.05) is 31.2 Å². The highest BCUT2D eigenvalue weighted by molar-refractivity contribution is 6.31. The van der Waals surface area contributed by atoms with Crippen molar-refractivity contribution in [3.8, 4) is 0 Å². The van der Waals surface area contributed by atoms with Gasteiger partial charge in [0.05, 0.1) is 24.3 Å². The Bertz CT molecular complexity index is 428. The van der Waals surface area contributed by atoms with Crippen LogP contribution in [-0.2, 0) is 11.3 Å². The zero-order valence-electron chi connectivity index (χ0n) is 12.4. The van der Waals surface area contributed by atoms with Gasteiger partial charge in [0.15, 0.2) is 0 Å². The highest BCUT2D eigenvalue weighted by Gasteiger charge is 2.23. The summed E-state index contributed by atoms with van der Waals surface area (Å²) >= 11 is 6.24. The van der Waals surface area contributed by atoms with Crippen molar-refractivity contribution in [2.24, 2.45) is 0 Å². The minimum Gasteiger partial charge on any atom is -0.377 e. The minimum atomic E-state index is 0.411. The van der Waals surface area contributed by atoms with Crippen molar-refractivity contribution in [2.45, 2.75) is 39.3 Å². The van der Waals surface area contributed by atoms with Gasteiger partial charge in [-0.1, -0.05) is 25.4 Å². The van der Waals surface area contributed by atoms with Crippen LogP contribution in [0.4, 0.5) is 5.82 Å². The van der Waals surface area contributed by atoms with E-state index in [9.17, 15) is 0 Å². The van der Waals surface area contributed by atoms with Crippen molar-refractivity contribution in [1.82, 2.24) is 10.3 Å². The number of hydrogen-bond acceptors (Lipinski definition) is 4. The highest BCUT2D eigenvalue weighted by atomic mass is 35.5. The molecule has 1 aromatic heterocycles. The van der Waals surface area contributed by atoms with Gasteiger partial charge in [-0.05, 0) is 31.0 Å². The smallest absolute Gasteiger partial charge is 0.129 e. The SMILES string of the molecule is CCCNCc1cc(N2CCOCC2CC)ncc1Cl. The molecule has 0 bridgehead atoms. The summed E-state index contributed by atoms with van der Waals surface area (Å²) in [4.78, 5) is 6.84. The summed E-state index contributed by atoms with van der Waals surface area (Å²) in [5.41, 5.74) is 1.12. The third kappa shape index (κ3) is 3.84. The molecule has 1 aliphatic heterocycles. The number of morpholine rings is 1. The van der Waals surface area contributed by atoms with Crippen molar-refractivity contribution < 1.29 is 4.74 Å². The lowest BCUT2D eigenvalue weighted by molar-refractivity contribution is 0.0925. The van der Waals surface area contributed by atoms with Gasteiger partial charge < -0.3 is 15.0 Å². The van der Waals surface area contributed by atoms with E-state index in [0.29, 0.717) is 6.04 Å². The van der Waals surface area contributed by atoms with Gasteiger partial charge >= 0.3 is 0 Å². The van der Waals surface area contributed by atoms with Gasteiger partial charge in [0.25, 0.3) is 0 Å². The molecule has 1 atom stereocenters. The van der Waals surface area contributed by atoms with Crippen molar-refractivity contribution in [1.29, 1.82) is 0 Å². The van der Waals surface area contributed by atoms with Crippen LogP contribution in [0.1, 0.15) is 32.3 Å². The maximum atomic E-state index is 6.24. The van der Waals surface area contributed by atoms with E-state index in [-0.39, 0.29) is 0 Å². The Balaban J connectivity index is 2.12. The highest BCUT2D eigenvalue weighted by Crippen LogP contribution is 2.24. The molecular weight excluding hydrogens is 274 g/mol. The fourth-order valence-electron chi connectivity index (χ4n) is 2.45. The molecule has 1 unspecified atom stereocenters. The normalized spacial score (nSPS) is 19.4. The second-order valence-electron chi connectivity index (χ2n) is 5.14. The van der Waals surface area contributed by atoms with Crippen LogP contribution in [0.5, 0.6) is 0 Å². The van der Waals surface area contributed by atoms with E-state index in [1.54, 1.807) is 6.20 Å². The fraction of sp³-hybridized carbons (Fsp3) is 0.667. The lowest BCUT2D eigenvalue weighted by Gasteiger charge is -2.36. The molecule has 0 amide bonds. The summed E-state index contributed by atoms with van der Waals surface area (Å²) in [6.07, 6.45) is 3.95. The Kier molecular flexibility index (Phi) is 6.07. The number of rotatable bonds is 6. The Morgan fingerprint density at radius 3 is 3.10 bits per heavy atom. The van der Waals surface area contributed by atoms with Crippen LogP contribution in [0.3, 0.4) is 0 Å². The summed E-state index contributed by atoms with van der Waals surface area (Å²) in [7, 11) is 0. The first kappa shape index (κ1) is 15.5. The molecule has 0 spiro atoms. The van der Waals surface area contributed by atoms with Crippen LogP contribution in [0.2, 0.25) is 5.02 Å². The molecule has 5 heteroatoms. The maximum absolute atomic E-state index is 6.24. The summed E-state index contributed by atoms with van der Waals surface area (Å²) in [5.74, 6) is 1.01. The third-order valence-corrected chi connectivity index (χ3v) is 4.00. The first-order valence-corrected chi connectivity index (χ1v) is 7.83. The minimum absolute atomic E-state index is 0.411. The van der Waals surface area contributed by atoms with Gasteiger partial charge in [0, 0.05) is 19.3 Å². The number of nitrogens with one attached hydrogen (secondary N) is 1. The Hall–Kier alpha value is -0.840. The summed E-state index contributed by atoms with van der Waals surface area (Å²) in [5, 5.41) is 4.13. The molecule has 0 aliphatic carbocycles. The van der Waals surface area contributed by atoms with Crippen LogP contribution in [0.15, 0.2) is 12.3 Å². The molecule has 1 aromatic rings. The molecule has 1 saturated heterocycles. The summed E-state index contributed by atoms with van der Waals surface area (Å²) in [6.45, 7) is 8.59. The van der Waals surface area contributed by atoms with Crippen LogP contribution >= 0.6 is 11.6 Å². The topological polar surface area (TPSA) is 37.4 Å². The molecular formula is C15H24ClN3O. The number of aromatic nitrogens is 1. The largest absolute Gasteiger partial charge is 0.377 e. The zero-order valence-corrected chi connectivity index (χ0v) is 13.1. The van der Waals surface area contributed by atoms with Crippen LogP contribution in [-0.4, -0.2) is 37.3 Å². The zero-order chi connectivity index (χ0) is 14.4. The number of hydrogen-bond donors (Lipinski definition) is 1. The lowest BCUT2D eigenvalue weighted by atomic mass is 10.1. The number of halogens is 1. The quantitative estimate of drug-likeness (QED) is 0.819. The van der Waals surface area contributed by atoms with Crippen molar-refractivity contribution in [3.05, 3.63) is 22.8 Å². The molecule has 0 radical (unpaired) electrons. The average molecular weight is 298 g/mol. The molecule has 112 valence electrons. The number of anilines is 1. The third-order valence-electron chi connectivity index (χ3n) is 3.66. The molecule has 2 heterocycles. The summed E-state index contributed by atoms with van der Waals surface area (Å²) in [6, 6.07) is 2.52. The second kappa shape index (κ2) is 7.81. The van der Waals surface area contributed by atoms with Gasteiger partial charge in [-0.25, -0.2) is 4.98 Å². The van der Waals surface area contributed by atoms with Crippen molar-refractivity contribution >= 4 is 17.4 Å². The first-order chi connectivity index (χ1) is 9.76. The van der Waals surface area contributed by atoms with E-state index >= 15 is 0 Å². The van der Waals surface area contributed by atoms with Crippen LogP contribution in [0, 0.1) is 0 Å². The van der Waals surface area contributed by atoms with Crippen molar-refractivity contribution in [3.63, 3.8) is 0 Å². The molecule has 0 saturated carbocycles. The standard InChI is InChI=1S/C15H24ClN3O/c1-3-5-17-9-12-8-15(18-10-14(12)16)19-6-7-20-11-13(19)4-2/h8,10,13,17H,3-7,9,11H2,1-2H3. The van der Waals surface area contributed by atoms with Crippen LogP contribution < -0.4 is 10.2 Å². The number of pyridine rings is 1. The molecule has 1 fully saturated rings. The monoisotopic (exact) mass is 297 g/mol. The van der Waals surface area contributed by atoms with E-state index in [1.165, 1.54) is 0 Å².